The van der Waals surface area contributed by atoms with E-state index in [-0.39, 0.29) is 0 Å². The highest BCUT2D eigenvalue weighted by Gasteiger charge is 2.24. The molecular weight excluding hydrogens is 364 g/mol. The molecule has 158 valence electrons. The maximum absolute atomic E-state index is 5.52. The lowest BCUT2D eigenvalue weighted by Gasteiger charge is -2.21. The number of aliphatic imine (C=N–C) groups is 1. The van der Waals surface area contributed by atoms with Crippen LogP contribution in [0.3, 0.4) is 0 Å². The monoisotopic (exact) mass is 398 g/mol. The highest BCUT2D eigenvalue weighted by Crippen LogP contribution is 2.31. The average Bonchev–Trinajstić information content (AvgIpc) is 3.29. The number of ether oxygens (including phenoxy) is 1. The topological polar surface area (TPSA) is 66.7 Å². The van der Waals surface area contributed by atoms with Gasteiger partial charge in [0.15, 0.2) is 5.96 Å². The Hall–Kier alpha value is -2.70. The summed E-state index contributed by atoms with van der Waals surface area (Å²) < 4.78 is 7.45. The molecule has 1 unspecified atom stereocenters. The number of rotatable bonds is 7. The summed E-state index contributed by atoms with van der Waals surface area (Å²) in [6.07, 6.45) is 1.16. The standard InChI is InChI=1S/C22H34N6O/c1-6-23-22(25-14-19-16(2)26-27(4)17(19)3)24-13-18-11-12-28(15-18)20-9-7-8-10-21(20)29-5/h7-10,18H,6,11-15H2,1-5H3,(H2,23,24,25). The van der Waals surface area contributed by atoms with Gasteiger partial charge in [0.05, 0.1) is 25.0 Å². The van der Waals surface area contributed by atoms with Crippen LogP contribution in [0.4, 0.5) is 5.69 Å². The molecule has 0 amide bonds. The third-order valence-corrected chi connectivity index (χ3v) is 5.67. The largest absolute Gasteiger partial charge is 0.495 e. The quantitative estimate of drug-likeness (QED) is 0.554. The smallest absolute Gasteiger partial charge is 0.191 e. The van der Waals surface area contributed by atoms with Crippen molar-refractivity contribution in [2.45, 2.75) is 33.7 Å². The molecule has 1 aromatic carbocycles. The van der Waals surface area contributed by atoms with Gasteiger partial charge in [-0.25, -0.2) is 4.99 Å². The van der Waals surface area contributed by atoms with Gasteiger partial charge in [0.2, 0.25) is 0 Å². The summed E-state index contributed by atoms with van der Waals surface area (Å²) in [6.45, 7) is 10.7. The highest BCUT2D eigenvalue weighted by molar-refractivity contribution is 5.79. The van der Waals surface area contributed by atoms with Crippen LogP contribution in [0.5, 0.6) is 5.75 Å². The number of aromatic nitrogens is 2. The number of methoxy groups -OCH3 is 1. The summed E-state index contributed by atoms with van der Waals surface area (Å²) in [6, 6.07) is 8.25. The molecule has 2 aromatic rings. The molecule has 1 atom stereocenters. The molecule has 2 N–H and O–H groups in total. The van der Waals surface area contributed by atoms with E-state index in [1.807, 2.05) is 30.8 Å². The lowest BCUT2D eigenvalue weighted by atomic mass is 10.1. The number of hydrogen-bond acceptors (Lipinski definition) is 4. The summed E-state index contributed by atoms with van der Waals surface area (Å²) in [4.78, 5) is 7.21. The molecule has 0 saturated carbocycles. The van der Waals surface area contributed by atoms with E-state index in [2.05, 4.69) is 46.6 Å². The normalized spacial score (nSPS) is 16.9. The van der Waals surface area contributed by atoms with E-state index in [1.165, 1.54) is 16.9 Å². The Balaban J connectivity index is 1.58. The van der Waals surface area contributed by atoms with Crippen molar-refractivity contribution in [3.63, 3.8) is 0 Å². The van der Waals surface area contributed by atoms with E-state index < -0.39 is 0 Å². The van der Waals surface area contributed by atoms with Crippen LogP contribution in [0.2, 0.25) is 0 Å². The van der Waals surface area contributed by atoms with Gasteiger partial charge in [-0.3, -0.25) is 4.68 Å². The van der Waals surface area contributed by atoms with Gasteiger partial charge in [0.1, 0.15) is 5.75 Å². The molecule has 7 nitrogen and oxygen atoms in total. The SMILES string of the molecule is CCNC(=NCc1c(C)nn(C)c1C)NCC1CCN(c2ccccc2OC)C1. The Kier molecular flexibility index (Phi) is 7.01. The fraction of sp³-hybridized carbons (Fsp3) is 0.545. The van der Waals surface area contributed by atoms with Gasteiger partial charge in [-0.2, -0.15) is 5.10 Å². The first-order valence-corrected chi connectivity index (χ1v) is 10.4. The van der Waals surface area contributed by atoms with Crippen LogP contribution in [-0.2, 0) is 13.6 Å². The second-order valence-corrected chi connectivity index (χ2v) is 7.62. The molecule has 0 radical (unpaired) electrons. The summed E-state index contributed by atoms with van der Waals surface area (Å²) in [7, 11) is 3.71. The zero-order chi connectivity index (χ0) is 20.8. The van der Waals surface area contributed by atoms with Crippen molar-refractivity contribution in [3.05, 3.63) is 41.2 Å². The lowest BCUT2D eigenvalue weighted by molar-refractivity contribution is 0.414. The molecule has 2 heterocycles. The second-order valence-electron chi connectivity index (χ2n) is 7.62. The minimum absolute atomic E-state index is 0.575. The molecule has 0 spiro atoms. The minimum Gasteiger partial charge on any atom is -0.495 e. The zero-order valence-electron chi connectivity index (χ0n) is 18.3. The van der Waals surface area contributed by atoms with E-state index in [0.29, 0.717) is 12.5 Å². The van der Waals surface area contributed by atoms with Crippen molar-refractivity contribution < 1.29 is 4.74 Å². The first-order chi connectivity index (χ1) is 14.0. The Bertz CT molecular complexity index is 844. The number of aryl methyl sites for hydroxylation is 2. The maximum Gasteiger partial charge on any atom is 0.191 e. The third-order valence-electron chi connectivity index (χ3n) is 5.67. The molecule has 1 saturated heterocycles. The molecule has 1 aliphatic rings. The number of hydrogen-bond donors (Lipinski definition) is 2. The van der Waals surface area contributed by atoms with Crippen molar-refractivity contribution in [1.29, 1.82) is 0 Å². The van der Waals surface area contributed by atoms with Gasteiger partial charge in [-0.1, -0.05) is 12.1 Å². The number of nitrogens with zero attached hydrogens (tertiary/aromatic N) is 4. The van der Waals surface area contributed by atoms with Crippen molar-refractivity contribution in [2.75, 3.05) is 38.2 Å². The van der Waals surface area contributed by atoms with Crippen LogP contribution >= 0.6 is 0 Å². The Morgan fingerprint density at radius 2 is 2.07 bits per heavy atom. The first-order valence-electron chi connectivity index (χ1n) is 10.4. The Morgan fingerprint density at radius 3 is 2.76 bits per heavy atom. The van der Waals surface area contributed by atoms with Gasteiger partial charge < -0.3 is 20.3 Å². The van der Waals surface area contributed by atoms with Gasteiger partial charge >= 0.3 is 0 Å². The van der Waals surface area contributed by atoms with Gasteiger partial charge in [0.25, 0.3) is 0 Å². The fourth-order valence-electron chi connectivity index (χ4n) is 3.90. The molecule has 7 heteroatoms. The summed E-state index contributed by atoms with van der Waals surface area (Å²) >= 11 is 0. The summed E-state index contributed by atoms with van der Waals surface area (Å²) in [5.74, 6) is 2.38. The van der Waals surface area contributed by atoms with E-state index >= 15 is 0 Å². The van der Waals surface area contributed by atoms with Crippen molar-refractivity contribution in [3.8, 4) is 5.75 Å². The number of guanidine groups is 1. The van der Waals surface area contributed by atoms with E-state index in [1.54, 1.807) is 7.11 Å². The van der Waals surface area contributed by atoms with E-state index in [9.17, 15) is 0 Å². The van der Waals surface area contributed by atoms with Crippen LogP contribution in [0, 0.1) is 19.8 Å². The van der Waals surface area contributed by atoms with Gasteiger partial charge in [0, 0.05) is 44.5 Å². The van der Waals surface area contributed by atoms with Gasteiger partial charge in [-0.05, 0) is 45.2 Å². The summed E-state index contributed by atoms with van der Waals surface area (Å²) in [5, 5.41) is 11.4. The molecule has 29 heavy (non-hydrogen) atoms. The predicted octanol–water partition coefficient (Wildman–Crippen LogP) is 2.63. The molecule has 0 aliphatic carbocycles. The molecule has 1 aromatic heterocycles. The maximum atomic E-state index is 5.52. The van der Waals surface area contributed by atoms with Crippen LogP contribution in [-0.4, -0.2) is 49.0 Å². The van der Waals surface area contributed by atoms with Crippen LogP contribution < -0.4 is 20.3 Å². The zero-order valence-corrected chi connectivity index (χ0v) is 18.3. The fourth-order valence-corrected chi connectivity index (χ4v) is 3.90. The summed E-state index contributed by atoms with van der Waals surface area (Å²) in [5.41, 5.74) is 4.60. The van der Waals surface area contributed by atoms with E-state index in [4.69, 9.17) is 9.73 Å². The van der Waals surface area contributed by atoms with Crippen LogP contribution in [0.1, 0.15) is 30.3 Å². The first kappa shape index (κ1) is 21.0. The highest BCUT2D eigenvalue weighted by atomic mass is 16.5. The van der Waals surface area contributed by atoms with Crippen molar-refractivity contribution in [2.24, 2.45) is 18.0 Å². The molecule has 1 fully saturated rings. The van der Waals surface area contributed by atoms with Crippen LogP contribution in [0.25, 0.3) is 0 Å². The molecule has 3 rings (SSSR count). The van der Waals surface area contributed by atoms with Crippen molar-refractivity contribution >= 4 is 11.6 Å². The predicted molar refractivity (Wildman–Crippen MR) is 119 cm³/mol. The Labute approximate surface area is 174 Å². The van der Waals surface area contributed by atoms with E-state index in [0.717, 1.165) is 50.0 Å². The number of benzene rings is 1. The second kappa shape index (κ2) is 9.67. The van der Waals surface area contributed by atoms with Gasteiger partial charge in [-0.15, -0.1) is 0 Å². The minimum atomic E-state index is 0.575. The number of anilines is 1. The van der Waals surface area contributed by atoms with Crippen LogP contribution in [0.15, 0.2) is 29.3 Å². The Morgan fingerprint density at radius 1 is 1.28 bits per heavy atom. The molecular formula is C22H34N6O. The number of nitrogens with one attached hydrogen (secondary N) is 2. The lowest BCUT2D eigenvalue weighted by Crippen LogP contribution is -2.40. The number of para-hydroxylation sites is 2. The van der Waals surface area contributed by atoms with Crippen molar-refractivity contribution in [1.82, 2.24) is 20.4 Å². The average molecular weight is 399 g/mol. The third kappa shape index (κ3) is 5.02. The molecule has 0 bridgehead atoms. The molecule has 1 aliphatic heterocycles.